The van der Waals surface area contributed by atoms with Gasteiger partial charge < -0.3 is 14.8 Å². The van der Waals surface area contributed by atoms with E-state index in [2.05, 4.69) is 15.8 Å². The quantitative estimate of drug-likeness (QED) is 0.255. The molecule has 0 aliphatic carbocycles. The minimum atomic E-state index is -0.922. The van der Waals surface area contributed by atoms with E-state index in [1.54, 1.807) is 56.3 Å². The zero-order valence-corrected chi connectivity index (χ0v) is 21.9. The van der Waals surface area contributed by atoms with Gasteiger partial charge >= 0.3 is 0 Å². The van der Waals surface area contributed by atoms with E-state index in [4.69, 9.17) is 32.7 Å². The molecule has 0 saturated carbocycles. The molecular formula is C27H26Cl2FN3O4. The number of nitrogens with one attached hydrogen (secondary N) is 2. The number of hydrazone groups is 1. The van der Waals surface area contributed by atoms with Crippen molar-refractivity contribution in [2.75, 3.05) is 7.11 Å². The summed E-state index contributed by atoms with van der Waals surface area (Å²) in [5.74, 6) is -1.21. The molecule has 0 aliphatic heterocycles. The molecule has 0 fully saturated rings. The maximum absolute atomic E-state index is 13.9. The Morgan fingerprint density at radius 1 is 1.05 bits per heavy atom. The van der Waals surface area contributed by atoms with E-state index in [0.29, 0.717) is 27.1 Å². The highest BCUT2D eigenvalue weighted by atomic mass is 35.5. The lowest BCUT2D eigenvalue weighted by Crippen LogP contribution is -2.48. The van der Waals surface area contributed by atoms with Crippen LogP contribution in [0.15, 0.2) is 65.8 Å². The van der Waals surface area contributed by atoms with Gasteiger partial charge in [0.15, 0.2) is 11.5 Å². The second kappa shape index (κ2) is 13.1. The SMILES string of the molecule is COc1cc(C=NNC(=O)C(NC(=O)c2ccccc2F)C(C)C)ccc1OCc1ccc(Cl)cc1Cl. The lowest BCUT2D eigenvalue weighted by Gasteiger charge is -2.20. The fourth-order valence-electron chi connectivity index (χ4n) is 3.32. The highest BCUT2D eigenvalue weighted by molar-refractivity contribution is 6.35. The summed E-state index contributed by atoms with van der Waals surface area (Å²) in [5.41, 5.74) is 3.67. The first-order chi connectivity index (χ1) is 17.7. The minimum absolute atomic E-state index is 0.141. The Labute approximate surface area is 224 Å². The Morgan fingerprint density at radius 2 is 1.81 bits per heavy atom. The summed E-state index contributed by atoms with van der Waals surface area (Å²) < 4.78 is 25.2. The van der Waals surface area contributed by atoms with Crippen molar-refractivity contribution in [1.82, 2.24) is 10.7 Å². The number of rotatable bonds is 10. The molecule has 0 radical (unpaired) electrons. The van der Waals surface area contributed by atoms with Gasteiger partial charge in [-0.05, 0) is 53.9 Å². The maximum atomic E-state index is 13.9. The summed E-state index contributed by atoms with van der Waals surface area (Å²) in [7, 11) is 1.51. The summed E-state index contributed by atoms with van der Waals surface area (Å²) in [5, 5.41) is 7.58. The zero-order chi connectivity index (χ0) is 26.9. The Bertz CT molecular complexity index is 1300. The van der Waals surface area contributed by atoms with Crippen LogP contribution < -0.4 is 20.2 Å². The van der Waals surface area contributed by atoms with Crippen molar-refractivity contribution in [1.29, 1.82) is 0 Å². The van der Waals surface area contributed by atoms with Gasteiger partial charge in [-0.3, -0.25) is 9.59 Å². The number of ether oxygens (including phenoxy) is 2. The first kappa shape index (κ1) is 28.0. The van der Waals surface area contributed by atoms with Gasteiger partial charge in [0.1, 0.15) is 18.5 Å². The van der Waals surface area contributed by atoms with E-state index in [1.807, 2.05) is 0 Å². The smallest absolute Gasteiger partial charge is 0.262 e. The molecule has 0 spiro atoms. The van der Waals surface area contributed by atoms with Crippen LogP contribution in [0.4, 0.5) is 4.39 Å². The van der Waals surface area contributed by atoms with Crippen molar-refractivity contribution in [3.8, 4) is 11.5 Å². The van der Waals surface area contributed by atoms with Crippen LogP contribution in [0.5, 0.6) is 11.5 Å². The summed E-state index contributed by atoms with van der Waals surface area (Å²) in [6, 6.07) is 14.9. The second-order valence-electron chi connectivity index (χ2n) is 8.34. The highest BCUT2D eigenvalue weighted by Gasteiger charge is 2.25. The molecule has 0 aliphatic rings. The topological polar surface area (TPSA) is 89.0 Å². The molecule has 0 saturated heterocycles. The molecule has 0 bridgehead atoms. The Balaban J connectivity index is 1.63. The first-order valence-corrected chi connectivity index (χ1v) is 12.1. The van der Waals surface area contributed by atoms with Crippen molar-refractivity contribution in [3.05, 3.63) is 93.2 Å². The van der Waals surface area contributed by atoms with E-state index < -0.39 is 23.7 Å². The van der Waals surface area contributed by atoms with Crippen molar-refractivity contribution >= 4 is 41.2 Å². The van der Waals surface area contributed by atoms with Crippen LogP contribution in [-0.4, -0.2) is 31.2 Å². The fourth-order valence-corrected chi connectivity index (χ4v) is 3.78. The number of methoxy groups -OCH3 is 1. The first-order valence-electron chi connectivity index (χ1n) is 11.3. The standard InChI is InChI=1S/C27H26Cl2FN3O4/c1-16(2)25(32-26(34)20-6-4-5-7-22(20)30)27(35)33-31-14-17-8-11-23(24(12-17)36-3)37-15-18-9-10-19(28)13-21(18)29/h4-14,16,25H,15H2,1-3H3,(H,32,34)(H,33,35). The second-order valence-corrected chi connectivity index (χ2v) is 9.19. The molecule has 37 heavy (non-hydrogen) atoms. The normalized spacial score (nSPS) is 11.9. The molecule has 0 aromatic heterocycles. The van der Waals surface area contributed by atoms with Gasteiger partial charge in [-0.2, -0.15) is 5.10 Å². The third kappa shape index (κ3) is 7.68. The van der Waals surface area contributed by atoms with Gasteiger partial charge in [0.2, 0.25) is 0 Å². The van der Waals surface area contributed by atoms with Crippen molar-refractivity contribution in [2.45, 2.75) is 26.5 Å². The number of carbonyl (C=O) groups excluding carboxylic acids is 2. The summed E-state index contributed by atoms with van der Waals surface area (Å²) >= 11 is 12.1. The van der Waals surface area contributed by atoms with Crippen LogP contribution in [0, 0.1) is 11.7 Å². The van der Waals surface area contributed by atoms with Crippen molar-refractivity contribution in [3.63, 3.8) is 0 Å². The van der Waals surface area contributed by atoms with Gasteiger partial charge in [0.25, 0.3) is 11.8 Å². The van der Waals surface area contributed by atoms with Crippen LogP contribution >= 0.6 is 23.2 Å². The van der Waals surface area contributed by atoms with E-state index in [-0.39, 0.29) is 18.1 Å². The molecule has 3 rings (SSSR count). The predicted molar refractivity (Wildman–Crippen MR) is 142 cm³/mol. The lowest BCUT2D eigenvalue weighted by atomic mass is 10.0. The van der Waals surface area contributed by atoms with Crippen LogP contribution in [0.2, 0.25) is 10.0 Å². The molecule has 10 heteroatoms. The number of hydrogen-bond donors (Lipinski definition) is 2. The number of hydrogen-bond acceptors (Lipinski definition) is 5. The number of halogens is 3. The minimum Gasteiger partial charge on any atom is -0.493 e. The van der Waals surface area contributed by atoms with Gasteiger partial charge in [-0.25, -0.2) is 9.82 Å². The molecular weight excluding hydrogens is 520 g/mol. The molecule has 1 unspecified atom stereocenters. The van der Waals surface area contributed by atoms with E-state index in [0.717, 1.165) is 5.56 Å². The van der Waals surface area contributed by atoms with Gasteiger partial charge in [0, 0.05) is 15.6 Å². The molecule has 194 valence electrons. The zero-order valence-electron chi connectivity index (χ0n) is 20.4. The van der Waals surface area contributed by atoms with E-state index >= 15 is 0 Å². The number of benzene rings is 3. The third-order valence-electron chi connectivity index (χ3n) is 5.33. The predicted octanol–water partition coefficient (Wildman–Crippen LogP) is 5.62. The summed E-state index contributed by atoms with van der Waals surface area (Å²) in [4.78, 5) is 25.1. The van der Waals surface area contributed by atoms with Gasteiger partial charge in [-0.15, -0.1) is 0 Å². The number of carbonyl (C=O) groups is 2. The van der Waals surface area contributed by atoms with Crippen LogP contribution in [0.3, 0.4) is 0 Å². The van der Waals surface area contributed by atoms with Crippen molar-refractivity contribution < 1.29 is 23.5 Å². The third-order valence-corrected chi connectivity index (χ3v) is 5.92. The molecule has 2 amide bonds. The monoisotopic (exact) mass is 545 g/mol. The summed E-state index contributed by atoms with van der Waals surface area (Å²) in [6.07, 6.45) is 1.43. The average Bonchev–Trinajstić information content (AvgIpc) is 2.87. The highest BCUT2D eigenvalue weighted by Crippen LogP contribution is 2.29. The Morgan fingerprint density at radius 3 is 2.49 bits per heavy atom. The van der Waals surface area contributed by atoms with Crippen molar-refractivity contribution in [2.24, 2.45) is 11.0 Å². The molecule has 1 atom stereocenters. The molecule has 7 nitrogen and oxygen atoms in total. The van der Waals surface area contributed by atoms with Crippen LogP contribution in [-0.2, 0) is 11.4 Å². The van der Waals surface area contributed by atoms with Crippen LogP contribution in [0.25, 0.3) is 0 Å². The Hall–Kier alpha value is -3.62. The fraction of sp³-hybridized carbons (Fsp3) is 0.222. The maximum Gasteiger partial charge on any atom is 0.262 e. The average molecular weight is 546 g/mol. The van der Waals surface area contributed by atoms with Crippen LogP contribution in [0.1, 0.15) is 35.3 Å². The summed E-state index contributed by atoms with van der Waals surface area (Å²) in [6.45, 7) is 3.73. The number of nitrogens with zero attached hydrogens (tertiary/aromatic N) is 1. The molecule has 0 heterocycles. The number of amides is 2. The Kier molecular flexibility index (Phi) is 9.88. The largest absolute Gasteiger partial charge is 0.493 e. The van der Waals surface area contributed by atoms with Gasteiger partial charge in [-0.1, -0.05) is 55.2 Å². The lowest BCUT2D eigenvalue weighted by molar-refractivity contribution is -0.123. The van der Waals surface area contributed by atoms with E-state index in [9.17, 15) is 14.0 Å². The van der Waals surface area contributed by atoms with Gasteiger partial charge in [0.05, 0.1) is 18.9 Å². The van der Waals surface area contributed by atoms with E-state index in [1.165, 1.54) is 31.5 Å². The molecule has 3 aromatic rings. The molecule has 3 aromatic carbocycles. The molecule has 2 N–H and O–H groups in total.